The summed E-state index contributed by atoms with van der Waals surface area (Å²) in [6.07, 6.45) is 0. The van der Waals surface area contributed by atoms with E-state index in [1.54, 1.807) is 0 Å². The third-order valence-electron chi connectivity index (χ3n) is 13.4. The molecule has 0 saturated carbocycles. The third-order valence-corrected chi connectivity index (χ3v) is 14.7. The van der Waals surface area contributed by atoms with E-state index in [0.717, 1.165) is 17.1 Å². The molecular formula is C64H41NS. The van der Waals surface area contributed by atoms with Crippen LogP contribution in [-0.2, 0) is 0 Å². The SMILES string of the molecule is c1cc(-c2cccc(N(c3ccc(-c4ccc5c6ccccc6c6ccccc6c5c4)cc3)c3ccc(-c4cccc5c4sc4ccccc45)cc3)c2)cc(-c2cccc3ccccc23)c1. The van der Waals surface area contributed by atoms with E-state index in [4.69, 9.17) is 0 Å². The van der Waals surface area contributed by atoms with E-state index in [2.05, 4.69) is 254 Å². The Balaban J connectivity index is 0.915. The summed E-state index contributed by atoms with van der Waals surface area (Å²) in [6.45, 7) is 0. The number of hydrogen-bond acceptors (Lipinski definition) is 2. The average Bonchev–Trinajstić information content (AvgIpc) is 3.78. The zero-order valence-electron chi connectivity index (χ0n) is 36.0. The van der Waals surface area contributed by atoms with Gasteiger partial charge in [-0.05, 0) is 142 Å². The topological polar surface area (TPSA) is 3.24 Å². The summed E-state index contributed by atoms with van der Waals surface area (Å²) >= 11 is 1.88. The molecule has 66 heavy (non-hydrogen) atoms. The molecule has 0 saturated heterocycles. The lowest BCUT2D eigenvalue weighted by atomic mass is 9.92. The van der Waals surface area contributed by atoms with E-state index in [0.29, 0.717) is 0 Å². The maximum absolute atomic E-state index is 2.39. The molecule has 2 heteroatoms. The van der Waals surface area contributed by atoms with Crippen molar-refractivity contribution in [1.82, 2.24) is 0 Å². The van der Waals surface area contributed by atoms with E-state index in [1.807, 2.05) is 11.3 Å². The monoisotopic (exact) mass is 855 g/mol. The lowest BCUT2D eigenvalue weighted by molar-refractivity contribution is 1.28. The van der Waals surface area contributed by atoms with Gasteiger partial charge in [0, 0.05) is 37.2 Å². The van der Waals surface area contributed by atoms with Crippen molar-refractivity contribution in [3.8, 4) is 44.5 Å². The number of fused-ring (bicyclic) bond motifs is 10. The Bertz CT molecular complexity index is 3950. The number of benzene rings is 12. The predicted molar refractivity (Wildman–Crippen MR) is 286 cm³/mol. The molecule has 308 valence electrons. The van der Waals surface area contributed by atoms with Crippen molar-refractivity contribution in [2.45, 2.75) is 0 Å². The van der Waals surface area contributed by atoms with Gasteiger partial charge < -0.3 is 4.90 Å². The Labute approximate surface area is 387 Å². The van der Waals surface area contributed by atoms with Crippen LogP contribution in [0.4, 0.5) is 17.1 Å². The van der Waals surface area contributed by atoms with Crippen molar-refractivity contribution in [3.63, 3.8) is 0 Å². The van der Waals surface area contributed by atoms with Crippen molar-refractivity contribution < 1.29 is 0 Å². The van der Waals surface area contributed by atoms with Gasteiger partial charge >= 0.3 is 0 Å². The molecular weight excluding hydrogens is 815 g/mol. The minimum atomic E-state index is 1.09. The fourth-order valence-corrected chi connectivity index (χ4v) is 11.5. The first-order valence-electron chi connectivity index (χ1n) is 22.7. The van der Waals surface area contributed by atoms with E-state index < -0.39 is 0 Å². The molecule has 0 aliphatic heterocycles. The zero-order chi connectivity index (χ0) is 43.6. The van der Waals surface area contributed by atoms with Crippen molar-refractivity contribution in [2.75, 3.05) is 4.90 Å². The minimum absolute atomic E-state index is 1.09. The molecule has 0 fully saturated rings. The van der Waals surface area contributed by atoms with Gasteiger partial charge in [0.05, 0.1) is 0 Å². The largest absolute Gasteiger partial charge is 0.310 e. The van der Waals surface area contributed by atoms with Crippen LogP contribution in [0.5, 0.6) is 0 Å². The van der Waals surface area contributed by atoms with Crippen LogP contribution in [0.1, 0.15) is 0 Å². The van der Waals surface area contributed by atoms with Crippen LogP contribution in [0.25, 0.3) is 108 Å². The standard InChI is InChI=1S/C64H41NS/c1-2-19-52-43(13-1)14-11-25-53(52)48-17-9-15-45(39-48)46-16-10-18-51(40-46)65(50-36-31-44(32-37-50)54-26-12-27-61-60-24-7-8-28-63(60)66-64(54)61)49-34-29-42(30-35-49)47-33-38-59-57-22-4-3-20-55(57)56-21-5-6-23-58(56)62(59)41-47/h1-41H. The summed E-state index contributed by atoms with van der Waals surface area (Å²) in [4.78, 5) is 2.39. The van der Waals surface area contributed by atoms with Crippen molar-refractivity contribution in [3.05, 3.63) is 249 Å². The second kappa shape index (κ2) is 15.7. The van der Waals surface area contributed by atoms with E-state index in [1.165, 1.54) is 108 Å². The summed E-state index contributed by atoms with van der Waals surface area (Å²) < 4.78 is 2.64. The number of thiophene rings is 1. The molecule has 13 aromatic rings. The van der Waals surface area contributed by atoms with Crippen molar-refractivity contribution >= 4 is 91.7 Å². The fourth-order valence-electron chi connectivity index (χ4n) is 10.3. The second-order valence-corrected chi connectivity index (χ2v) is 18.3. The van der Waals surface area contributed by atoms with Gasteiger partial charge in [-0.1, -0.05) is 194 Å². The van der Waals surface area contributed by atoms with E-state index >= 15 is 0 Å². The normalized spacial score (nSPS) is 11.6. The van der Waals surface area contributed by atoms with Gasteiger partial charge in [0.2, 0.25) is 0 Å². The first-order valence-corrected chi connectivity index (χ1v) is 23.5. The number of rotatable bonds is 7. The molecule has 1 aromatic heterocycles. The molecule has 13 rings (SSSR count). The highest BCUT2D eigenvalue weighted by Crippen LogP contribution is 2.43. The molecule has 0 bridgehead atoms. The van der Waals surface area contributed by atoms with Crippen molar-refractivity contribution in [1.29, 1.82) is 0 Å². The molecule has 0 atom stereocenters. The summed E-state index contributed by atoms with van der Waals surface area (Å²) in [5.74, 6) is 0. The van der Waals surface area contributed by atoms with Gasteiger partial charge in [0.25, 0.3) is 0 Å². The number of nitrogens with zero attached hydrogens (tertiary/aromatic N) is 1. The van der Waals surface area contributed by atoms with Gasteiger partial charge in [-0.2, -0.15) is 0 Å². The van der Waals surface area contributed by atoms with Crippen LogP contribution in [-0.4, -0.2) is 0 Å². The van der Waals surface area contributed by atoms with Gasteiger partial charge in [0.15, 0.2) is 0 Å². The summed E-state index contributed by atoms with van der Waals surface area (Å²) in [5, 5.41) is 12.9. The van der Waals surface area contributed by atoms with Crippen LogP contribution in [0.3, 0.4) is 0 Å². The summed E-state index contributed by atoms with van der Waals surface area (Å²) in [6, 6.07) is 91.4. The molecule has 0 amide bonds. The lowest BCUT2D eigenvalue weighted by Crippen LogP contribution is -2.10. The lowest BCUT2D eigenvalue weighted by Gasteiger charge is -2.26. The first-order chi connectivity index (χ1) is 32.7. The molecule has 0 aliphatic carbocycles. The molecule has 0 radical (unpaired) electrons. The van der Waals surface area contributed by atoms with Crippen LogP contribution in [0.2, 0.25) is 0 Å². The van der Waals surface area contributed by atoms with Crippen molar-refractivity contribution in [2.24, 2.45) is 0 Å². The smallest absolute Gasteiger partial charge is 0.0467 e. The number of anilines is 3. The van der Waals surface area contributed by atoms with Gasteiger partial charge in [-0.15, -0.1) is 11.3 Å². The predicted octanol–water partition coefficient (Wildman–Crippen LogP) is 18.8. The highest BCUT2D eigenvalue weighted by atomic mass is 32.1. The van der Waals surface area contributed by atoms with E-state index in [-0.39, 0.29) is 0 Å². The molecule has 0 N–H and O–H groups in total. The van der Waals surface area contributed by atoms with E-state index in [9.17, 15) is 0 Å². The Kier molecular flexibility index (Phi) is 9.11. The molecule has 1 nitrogen and oxygen atoms in total. The molecule has 0 unspecified atom stereocenters. The molecule has 1 heterocycles. The highest BCUT2D eigenvalue weighted by molar-refractivity contribution is 7.26. The summed E-state index contributed by atoms with van der Waals surface area (Å²) in [7, 11) is 0. The second-order valence-electron chi connectivity index (χ2n) is 17.2. The molecule has 0 spiro atoms. The Morgan fingerprint density at radius 1 is 0.242 bits per heavy atom. The third kappa shape index (κ3) is 6.45. The Morgan fingerprint density at radius 3 is 1.47 bits per heavy atom. The van der Waals surface area contributed by atoms with Gasteiger partial charge in [-0.25, -0.2) is 0 Å². The Morgan fingerprint density at radius 2 is 0.727 bits per heavy atom. The maximum atomic E-state index is 2.39. The van der Waals surface area contributed by atoms with Gasteiger partial charge in [0.1, 0.15) is 0 Å². The van der Waals surface area contributed by atoms with Crippen LogP contribution < -0.4 is 4.90 Å². The zero-order valence-corrected chi connectivity index (χ0v) is 36.8. The summed E-state index contributed by atoms with van der Waals surface area (Å²) in [5.41, 5.74) is 13.0. The minimum Gasteiger partial charge on any atom is -0.310 e. The fraction of sp³-hybridized carbons (Fsp3) is 0. The van der Waals surface area contributed by atoms with Crippen LogP contribution >= 0.6 is 11.3 Å². The average molecular weight is 856 g/mol. The maximum Gasteiger partial charge on any atom is 0.0467 e. The highest BCUT2D eigenvalue weighted by Gasteiger charge is 2.17. The molecule has 12 aromatic carbocycles. The first kappa shape index (κ1) is 38.2. The Hall–Kier alpha value is -8.30. The van der Waals surface area contributed by atoms with Gasteiger partial charge in [-0.3, -0.25) is 0 Å². The van der Waals surface area contributed by atoms with Crippen LogP contribution in [0, 0.1) is 0 Å². The quantitative estimate of drug-likeness (QED) is 0.144. The number of hydrogen-bond donors (Lipinski definition) is 0. The molecule has 0 aliphatic rings. The van der Waals surface area contributed by atoms with Crippen LogP contribution in [0.15, 0.2) is 249 Å².